The summed E-state index contributed by atoms with van der Waals surface area (Å²) >= 11 is 5.83. The van der Waals surface area contributed by atoms with Crippen LogP contribution in [0.5, 0.6) is 11.5 Å². The van der Waals surface area contributed by atoms with Crippen molar-refractivity contribution in [3.05, 3.63) is 22.7 Å². The second kappa shape index (κ2) is 6.81. The van der Waals surface area contributed by atoms with Crippen molar-refractivity contribution in [2.24, 2.45) is 11.5 Å². The van der Waals surface area contributed by atoms with Crippen molar-refractivity contribution < 1.29 is 9.84 Å². The Labute approximate surface area is 106 Å². The van der Waals surface area contributed by atoms with Gasteiger partial charge in [0.2, 0.25) is 0 Å². The van der Waals surface area contributed by atoms with Crippen LogP contribution in [0.1, 0.15) is 18.0 Å². The molecular weight excluding hydrogens is 251 g/mol. The Kier molecular flexibility index (Phi) is 6.52. The minimum Gasteiger partial charge on any atom is -0.503 e. The van der Waals surface area contributed by atoms with Crippen LogP contribution in [0, 0.1) is 0 Å². The summed E-state index contributed by atoms with van der Waals surface area (Å²) in [4.78, 5) is 0. The van der Waals surface area contributed by atoms with Crippen molar-refractivity contribution in [2.75, 3.05) is 13.7 Å². The fourth-order valence-corrected chi connectivity index (χ4v) is 1.53. The number of benzene rings is 1. The summed E-state index contributed by atoms with van der Waals surface area (Å²) in [5.41, 5.74) is 12.1. The zero-order chi connectivity index (χ0) is 11.4. The summed E-state index contributed by atoms with van der Waals surface area (Å²) in [6.45, 7) is 0.502. The molecule has 6 heteroatoms. The van der Waals surface area contributed by atoms with Crippen molar-refractivity contribution in [3.63, 3.8) is 0 Å². The smallest absolute Gasteiger partial charge is 0.176 e. The van der Waals surface area contributed by atoms with Gasteiger partial charge >= 0.3 is 0 Å². The predicted molar refractivity (Wildman–Crippen MR) is 67.5 cm³/mol. The van der Waals surface area contributed by atoms with E-state index in [1.807, 2.05) is 0 Å². The molecule has 0 aliphatic heterocycles. The standard InChI is InChI=1S/C10H15ClN2O2.ClH/c1-15-9-5-6(8(13)2-3-12)4-7(11)10(9)14;/h4-5,8,14H,2-3,12-13H2,1H3;1H/t8-;/m0./s1. The van der Waals surface area contributed by atoms with E-state index in [0.717, 1.165) is 5.56 Å². The number of ether oxygens (including phenoxy) is 1. The number of rotatable bonds is 4. The van der Waals surface area contributed by atoms with Crippen LogP contribution in [-0.4, -0.2) is 18.8 Å². The Hall–Kier alpha value is -0.680. The number of nitrogens with two attached hydrogens (primary N) is 2. The Morgan fingerprint density at radius 2 is 2.12 bits per heavy atom. The molecule has 16 heavy (non-hydrogen) atoms. The van der Waals surface area contributed by atoms with E-state index < -0.39 is 0 Å². The van der Waals surface area contributed by atoms with Gasteiger partial charge in [0.25, 0.3) is 0 Å². The van der Waals surface area contributed by atoms with Crippen LogP contribution in [0.3, 0.4) is 0 Å². The summed E-state index contributed by atoms with van der Waals surface area (Å²) < 4.78 is 4.97. The molecule has 1 atom stereocenters. The summed E-state index contributed by atoms with van der Waals surface area (Å²) in [5.74, 6) is 0.257. The first kappa shape index (κ1) is 15.3. The molecule has 0 spiro atoms. The van der Waals surface area contributed by atoms with Crippen LogP contribution in [0.15, 0.2) is 12.1 Å². The lowest BCUT2D eigenvalue weighted by Gasteiger charge is -2.13. The molecule has 0 bridgehead atoms. The quantitative estimate of drug-likeness (QED) is 0.777. The maximum absolute atomic E-state index is 9.51. The first-order valence-corrected chi connectivity index (χ1v) is 5.00. The van der Waals surface area contributed by atoms with Crippen LogP contribution in [0.4, 0.5) is 0 Å². The molecule has 0 amide bonds. The van der Waals surface area contributed by atoms with E-state index in [-0.39, 0.29) is 29.2 Å². The van der Waals surface area contributed by atoms with Gasteiger partial charge in [-0.3, -0.25) is 0 Å². The van der Waals surface area contributed by atoms with E-state index in [9.17, 15) is 5.11 Å². The fourth-order valence-electron chi connectivity index (χ4n) is 1.31. The highest BCUT2D eigenvalue weighted by Crippen LogP contribution is 2.36. The van der Waals surface area contributed by atoms with Gasteiger partial charge in [-0.1, -0.05) is 11.6 Å². The third-order valence-corrected chi connectivity index (χ3v) is 2.46. The Bertz CT molecular complexity index is 348. The highest BCUT2D eigenvalue weighted by Gasteiger charge is 2.12. The SMILES string of the molecule is COc1cc([C@@H](N)CCN)cc(Cl)c1O.Cl. The van der Waals surface area contributed by atoms with Gasteiger partial charge in [-0.2, -0.15) is 0 Å². The maximum atomic E-state index is 9.51. The second-order valence-electron chi connectivity index (χ2n) is 3.24. The van der Waals surface area contributed by atoms with Gasteiger partial charge in [-0.25, -0.2) is 0 Å². The zero-order valence-corrected chi connectivity index (χ0v) is 10.5. The van der Waals surface area contributed by atoms with Crippen LogP contribution < -0.4 is 16.2 Å². The molecule has 0 aliphatic rings. The first-order chi connectivity index (χ1) is 7.10. The number of phenolic OH excluding ortho intramolecular Hbond substituents is 1. The molecule has 0 aromatic heterocycles. The third-order valence-electron chi connectivity index (χ3n) is 2.18. The molecule has 1 aromatic rings. The number of hydrogen-bond donors (Lipinski definition) is 3. The molecule has 92 valence electrons. The van der Waals surface area contributed by atoms with E-state index in [1.165, 1.54) is 7.11 Å². The lowest BCUT2D eigenvalue weighted by molar-refractivity contribution is 0.372. The molecule has 5 N–H and O–H groups in total. The first-order valence-electron chi connectivity index (χ1n) is 4.62. The van der Waals surface area contributed by atoms with Crippen molar-refractivity contribution >= 4 is 24.0 Å². The fraction of sp³-hybridized carbons (Fsp3) is 0.400. The number of methoxy groups -OCH3 is 1. The third kappa shape index (κ3) is 3.42. The molecule has 0 aliphatic carbocycles. The van der Waals surface area contributed by atoms with Gasteiger partial charge in [-0.05, 0) is 30.7 Å². The highest BCUT2D eigenvalue weighted by atomic mass is 35.5. The Morgan fingerprint density at radius 1 is 1.50 bits per heavy atom. The average molecular weight is 267 g/mol. The summed E-state index contributed by atoms with van der Waals surface area (Å²) in [7, 11) is 1.46. The van der Waals surface area contributed by atoms with Crippen LogP contribution in [-0.2, 0) is 0 Å². The molecule has 0 fully saturated rings. The molecule has 0 heterocycles. The summed E-state index contributed by atoms with van der Waals surface area (Å²) in [6.07, 6.45) is 0.657. The van der Waals surface area contributed by atoms with E-state index in [2.05, 4.69) is 0 Å². The van der Waals surface area contributed by atoms with Gasteiger partial charge in [-0.15, -0.1) is 12.4 Å². The molecule has 4 nitrogen and oxygen atoms in total. The van der Waals surface area contributed by atoms with Crippen LogP contribution in [0.25, 0.3) is 0 Å². The van der Waals surface area contributed by atoms with Crippen molar-refractivity contribution in [2.45, 2.75) is 12.5 Å². The summed E-state index contributed by atoms with van der Waals surface area (Å²) in [5, 5.41) is 9.74. The minimum absolute atomic E-state index is 0. The topological polar surface area (TPSA) is 81.5 Å². The number of aromatic hydroxyl groups is 1. The summed E-state index contributed by atoms with van der Waals surface area (Å²) in [6, 6.07) is 3.10. The molecule has 1 rings (SSSR count). The van der Waals surface area contributed by atoms with Gasteiger partial charge in [0.15, 0.2) is 11.5 Å². The molecule has 0 radical (unpaired) electrons. The van der Waals surface area contributed by atoms with E-state index in [0.29, 0.717) is 18.7 Å². The number of hydrogen-bond acceptors (Lipinski definition) is 4. The van der Waals surface area contributed by atoms with E-state index in [1.54, 1.807) is 12.1 Å². The van der Waals surface area contributed by atoms with Gasteiger partial charge in [0.05, 0.1) is 12.1 Å². The normalized spacial score (nSPS) is 11.8. The van der Waals surface area contributed by atoms with E-state index in [4.69, 9.17) is 27.8 Å². The lowest BCUT2D eigenvalue weighted by atomic mass is 10.0. The van der Waals surface area contributed by atoms with Gasteiger partial charge in [0, 0.05) is 6.04 Å². The van der Waals surface area contributed by atoms with Crippen molar-refractivity contribution in [1.29, 1.82) is 0 Å². The lowest BCUT2D eigenvalue weighted by Crippen LogP contribution is -2.15. The van der Waals surface area contributed by atoms with Gasteiger partial charge in [0.1, 0.15) is 0 Å². The number of halogens is 2. The minimum atomic E-state index is -0.193. The highest BCUT2D eigenvalue weighted by molar-refractivity contribution is 6.32. The Morgan fingerprint density at radius 3 is 2.62 bits per heavy atom. The Balaban J connectivity index is 0.00000225. The molecule has 0 saturated carbocycles. The van der Waals surface area contributed by atoms with Crippen LogP contribution in [0.2, 0.25) is 5.02 Å². The molecule has 1 aromatic carbocycles. The number of phenols is 1. The van der Waals surface area contributed by atoms with E-state index >= 15 is 0 Å². The molecular formula is C10H16Cl2N2O2. The predicted octanol–water partition coefficient (Wildman–Crippen LogP) is 1.82. The molecule has 0 saturated heterocycles. The monoisotopic (exact) mass is 266 g/mol. The zero-order valence-electron chi connectivity index (χ0n) is 8.94. The largest absolute Gasteiger partial charge is 0.503 e. The molecule has 0 unspecified atom stereocenters. The maximum Gasteiger partial charge on any atom is 0.176 e. The second-order valence-corrected chi connectivity index (χ2v) is 3.64. The van der Waals surface area contributed by atoms with Crippen molar-refractivity contribution in [3.8, 4) is 11.5 Å². The van der Waals surface area contributed by atoms with Crippen LogP contribution >= 0.6 is 24.0 Å². The van der Waals surface area contributed by atoms with Crippen molar-refractivity contribution in [1.82, 2.24) is 0 Å². The van der Waals surface area contributed by atoms with Gasteiger partial charge < -0.3 is 21.3 Å². The average Bonchev–Trinajstić information content (AvgIpc) is 2.22.